The molecule has 0 radical (unpaired) electrons. The molecule has 2 heterocycles. The van der Waals surface area contributed by atoms with Crippen LogP contribution in [0.1, 0.15) is 32.1 Å². The van der Waals surface area contributed by atoms with Crippen molar-refractivity contribution in [3.63, 3.8) is 0 Å². The first-order valence-corrected chi connectivity index (χ1v) is 7.39. The number of rotatable bonds is 2. The summed E-state index contributed by atoms with van der Waals surface area (Å²) in [7, 11) is 0. The summed E-state index contributed by atoms with van der Waals surface area (Å²) in [5.41, 5.74) is 1.93. The van der Waals surface area contributed by atoms with Crippen molar-refractivity contribution in [1.29, 1.82) is 0 Å². The van der Waals surface area contributed by atoms with Crippen LogP contribution in [0.4, 0.5) is 10.3 Å². The molecule has 1 unspecified atom stereocenters. The average Bonchev–Trinajstić information content (AvgIpc) is 2.78. The van der Waals surface area contributed by atoms with Crippen LogP contribution < -0.4 is 10.6 Å². The van der Waals surface area contributed by atoms with Crippen LogP contribution in [-0.4, -0.2) is 28.1 Å². The zero-order chi connectivity index (χ0) is 13.6. The molecule has 0 bridgehead atoms. The summed E-state index contributed by atoms with van der Waals surface area (Å²) in [5.74, 6) is 0.523. The third-order valence-electron chi connectivity index (χ3n) is 4.73. The number of H-pyrrole nitrogens is 1. The highest BCUT2D eigenvalue weighted by molar-refractivity contribution is 5.77. The number of imidazole rings is 1. The van der Waals surface area contributed by atoms with Crippen molar-refractivity contribution in [1.82, 2.24) is 15.3 Å². The zero-order valence-corrected chi connectivity index (χ0v) is 11.4. The van der Waals surface area contributed by atoms with Gasteiger partial charge in [-0.15, -0.1) is 0 Å². The van der Waals surface area contributed by atoms with E-state index in [0.29, 0.717) is 11.6 Å². The minimum Gasteiger partial charge on any atom is -0.353 e. The topological polar surface area (TPSA) is 52.7 Å². The molecule has 2 fully saturated rings. The van der Waals surface area contributed by atoms with Crippen LogP contribution in [0.3, 0.4) is 0 Å². The van der Waals surface area contributed by atoms with E-state index >= 15 is 0 Å². The number of hydrogen-bond acceptors (Lipinski definition) is 3. The number of anilines is 1. The summed E-state index contributed by atoms with van der Waals surface area (Å²) in [6.07, 6.45) is 6.17. The lowest BCUT2D eigenvalue weighted by Crippen LogP contribution is -2.58. The third-order valence-corrected chi connectivity index (χ3v) is 4.73. The summed E-state index contributed by atoms with van der Waals surface area (Å²) in [6.45, 7) is 1.06. The van der Waals surface area contributed by atoms with E-state index in [9.17, 15) is 4.39 Å². The molecule has 1 saturated heterocycles. The van der Waals surface area contributed by atoms with Crippen molar-refractivity contribution in [2.24, 2.45) is 0 Å². The Kier molecular flexibility index (Phi) is 2.70. The molecule has 1 aliphatic carbocycles. The lowest BCUT2D eigenvalue weighted by Gasteiger charge is -2.48. The molecular weight excluding hydrogens is 255 g/mol. The molecule has 2 aromatic rings. The Hall–Kier alpha value is -1.62. The molecule has 5 heteroatoms. The molecule has 1 aromatic heterocycles. The Balaban J connectivity index is 1.52. The first kappa shape index (κ1) is 12.1. The highest BCUT2D eigenvalue weighted by Crippen LogP contribution is 2.38. The smallest absolute Gasteiger partial charge is 0.201 e. The maximum Gasteiger partial charge on any atom is 0.201 e. The van der Waals surface area contributed by atoms with Crippen molar-refractivity contribution in [2.75, 3.05) is 11.9 Å². The molecule has 1 aromatic carbocycles. The fraction of sp³-hybridized carbons (Fsp3) is 0.533. The number of aromatic nitrogens is 2. The van der Waals surface area contributed by atoms with Gasteiger partial charge in [0, 0.05) is 11.6 Å². The lowest BCUT2D eigenvalue weighted by molar-refractivity contribution is 0.135. The predicted octanol–water partition coefficient (Wildman–Crippen LogP) is 2.79. The first-order chi connectivity index (χ1) is 9.72. The minimum absolute atomic E-state index is 0.233. The summed E-state index contributed by atoms with van der Waals surface area (Å²) in [6, 6.07) is 5.09. The van der Waals surface area contributed by atoms with Crippen molar-refractivity contribution < 1.29 is 4.39 Å². The molecule has 1 atom stereocenters. The van der Waals surface area contributed by atoms with Gasteiger partial charge in [-0.3, -0.25) is 0 Å². The van der Waals surface area contributed by atoms with Crippen LogP contribution in [0, 0.1) is 5.82 Å². The van der Waals surface area contributed by atoms with Gasteiger partial charge in [-0.2, -0.15) is 0 Å². The maximum atomic E-state index is 13.2. The quantitative estimate of drug-likeness (QED) is 0.789. The van der Waals surface area contributed by atoms with Gasteiger partial charge in [0.25, 0.3) is 0 Å². The molecule has 4 nitrogen and oxygen atoms in total. The Bertz CT molecular complexity index is 632. The Morgan fingerprint density at radius 3 is 3.05 bits per heavy atom. The Morgan fingerprint density at radius 1 is 1.35 bits per heavy atom. The van der Waals surface area contributed by atoms with E-state index in [4.69, 9.17) is 0 Å². The van der Waals surface area contributed by atoms with Crippen molar-refractivity contribution in [2.45, 2.75) is 43.7 Å². The van der Waals surface area contributed by atoms with E-state index < -0.39 is 0 Å². The summed E-state index contributed by atoms with van der Waals surface area (Å²) >= 11 is 0. The number of fused-ring (bicyclic) bond motifs is 1. The highest BCUT2D eigenvalue weighted by Gasteiger charge is 2.40. The number of piperidine rings is 1. The molecule has 20 heavy (non-hydrogen) atoms. The van der Waals surface area contributed by atoms with Crippen molar-refractivity contribution in [3.05, 3.63) is 24.0 Å². The van der Waals surface area contributed by atoms with Crippen LogP contribution in [0.5, 0.6) is 0 Å². The van der Waals surface area contributed by atoms with Crippen LogP contribution in [0.2, 0.25) is 0 Å². The largest absolute Gasteiger partial charge is 0.353 e. The van der Waals surface area contributed by atoms with Gasteiger partial charge < -0.3 is 15.6 Å². The molecule has 3 N–H and O–H groups in total. The number of nitrogens with zero attached hydrogens (tertiary/aromatic N) is 1. The Morgan fingerprint density at radius 2 is 2.25 bits per heavy atom. The molecule has 106 valence electrons. The zero-order valence-electron chi connectivity index (χ0n) is 11.4. The summed E-state index contributed by atoms with van der Waals surface area (Å²) < 4.78 is 13.2. The maximum absolute atomic E-state index is 13.2. The van der Waals surface area contributed by atoms with E-state index in [-0.39, 0.29) is 5.82 Å². The number of benzene rings is 1. The van der Waals surface area contributed by atoms with Crippen molar-refractivity contribution in [3.8, 4) is 0 Å². The van der Waals surface area contributed by atoms with Gasteiger partial charge in [-0.25, -0.2) is 9.37 Å². The normalized spacial score (nSPS) is 24.8. The molecule has 1 aliphatic heterocycles. The van der Waals surface area contributed by atoms with Crippen molar-refractivity contribution >= 4 is 17.0 Å². The van der Waals surface area contributed by atoms with E-state index in [0.717, 1.165) is 36.4 Å². The van der Waals surface area contributed by atoms with E-state index in [2.05, 4.69) is 20.6 Å². The standard InChI is InChI=1S/C15H19FN4/c16-10-2-3-12-13(8-10)20-14(19-12)18-11-4-7-17-15(9-11)5-1-6-15/h2-3,8,11,17H,1,4-7,9H2,(H2,18,19,20). The van der Waals surface area contributed by atoms with Crippen LogP contribution in [0.15, 0.2) is 18.2 Å². The van der Waals surface area contributed by atoms with Gasteiger partial charge >= 0.3 is 0 Å². The van der Waals surface area contributed by atoms with Crippen LogP contribution in [-0.2, 0) is 0 Å². The second kappa shape index (κ2) is 4.45. The van der Waals surface area contributed by atoms with Gasteiger partial charge in [-0.05, 0) is 56.8 Å². The number of nitrogens with one attached hydrogen (secondary N) is 3. The molecule has 4 rings (SSSR count). The van der Waals surface area contributed by atoms with Gasteiger partial charge in [0.1, 0.15) is 5.82 Å². The van der Waals surface area contributed by atoms with Gasteiger partial charge in [0.15, 0.2) is 0 Å². The van der Waals surface area contributed by atoms with Gasteiger partial charge in [0.05, 0.1) is 11.0 Å². The highest BCUT2D eigenvalue weighted by atomic mass is 19.1. The van der Waals surface area contributed by atoms with Crippen LogP contribution >= 0.6 is 0 Å². The van der Waals surface area contributed by atoms with E-state index in [1.54, 1.807) is 6.07 Å². The molecule has 2 aliphatic rings. The fourth-order valence-electron chi connectivity index (χ4n) is 3.51. The number of aromatic amines is 1. The fourth-order valence-corrected chi connectivity index (χ4v) is 3.51. The SMILES string of the molecule is Fc1ccc2nc(NC3CCNC4(CCC4)C3)[nH]c2c1. The lowest BCUT2D eigenvalue weighted by atomic mass is 9.70. The predicted molar refractivity (Wildman–Crippen MR) is 77.3 cm³/mol. The molecule has 1 saturated carbocycles. The minimum atomic E-state index is -0.233. The van der Waals surface area contributed by atoms with Gasteiger partial charge in [0.2, 0.25) is 5.95 Å². The Labute approximate surface area is 117 Å². The monoisotopic (exact) mass is 274 g/mol. The second-order valence-electron chi connectivity index (χ2n) is 6.14. The van der Waals surface area contributed by atoms with Gasteiger partial charge in [-0.1, -0.05) is 0 Å². The van der Waals surface area contributed by atoms with Crippen LogP contribution in [0.25, 0.3) is 11.0 Å². The average molecular weight is 274 g/mol. The van der Waals surface area contributed by atoms with E-state index in [1.165, 1.54) is 31.4 Å². The molecule has 1 spiro atoms. The number of halogens is 1. The number of hydrogen-bond donors (Lipinski definition) is 3. The van der Waals surface area contributed by atoms with E-state index in [1.807, 2.05) is 0 Å². The first-order valence-electron chi connectivity index (χ1n) is 7.39. The molecule has 0 amide bonds. The summed E-state index contributed by atoms with van der Waals surface area (Å²) in [5, 5.41) is 7.15. The molecular formula is C15H19FN4. The third kappa shape index (κ3) is 2.06. The second-order valence-corrected chi connectivity index (χ2v) is 6.14. The summed E-state index contributed by atoms with van der Waals surface area (Å²) in [4.78, 5) is 7.65.